The molecule has 0 aliphatic carbocycles. The molecular formula is C31H33N5O6S. The molecule has 224 valence electrons. The zero-order valence-electron chi connectivity index (χ0n) is 23.9. The third kappa shape index (κ3) is 5.77. The van der Waals surface area contributed by atoms with Gasteiger partial charge in [0, 0.05) is 38.0 Å². The number of pyridine rings is 1. The molecule has 2 aromatic carbocycles. The fourth-order valence-corrected chi connectivity index (χ4v) is 7.09. The average molecular weight is 604 g/mol. The minimum Gasteiger partial charge on any atom is -0.457 e. The number of rotatable bonds is 8. The third-order valence-electron chi connectivity index (χ3n) is 7.84. The van der Waals surface area contributed by atoms with Gasteiger partial charge >= 0.3 is 6.03 Å². The van der Waals surface area contributed by atoms with E-state index in [1.165, 1.54) is 18.9 Å². The highest BCUT2D eigenvalue weighted by molar-refractivity contribution is 8.01. The Balaban J connectivity index is 1.18. The Morgan fingerprint density at radius 2 is 1.98 bits per heavy atom. The molecule has 4 amide bonds. The number of carbonyl (C=O) groups is 3. The second-order valence-corrected chi connectivity index (χ2v) is 11.9. The predicted molar refractivity (Wildman–Crippen MR) is 161 cm³/mol. The number of methoxy groups -OCH3 is 1. The fourth-order valence-electron chi connectivity index (χ4n) is 5.85. The summed E-state index contributed by atoms with van der Waals surface area (Å²) in [5.74, 6) is 0.735. The van der Waals surface area contributed by atoms with Crippen molar-refractivity contribution in [1.82, 2.24) is 20.5 Å². The van der Waals surface area contributed by atoms with Gasteiger partial charge in [0.2, 0.25) is 5.91 Å². The van der Waals surface area contributed by atoms with Crippen LogP contribution in [-0.4, -0.2) is 77.0 Å². The van der Waals surface area contributed by atoms with E-state index in [0.717, 1.165) is 16.9 Å². The summed E-state index contributed by atoms with van der Waals surface area (Å²) in [6, 6.07) is 15.7. The topological polar surface area (TPSA) is 133 Å². The number of ether oxygens (including phenoxy) is 2. The summed E-state index contributed by atoms with van der Waals surface area (Å²) in [5, 5.41) is 16.3. The number of benzene rings is 2. The van der Waals surface area contributed by atoms with Crippen LogP contribution in [0.4, 0.5) is 16.2 Å². The number of anilines is 2. The van der Waals surface area contributed by atoms with Gasteiger partial charge in [0.25, 0.3) is 5.91 Å². The maximum atomic E-state index is 13.6. The molecule has 1 saturated heterocycles. The largest absolute Gasteiger partial charge is 0.457 e. The van der Waals surface area contributed by atoms with Gasteiger partial charge in [-0.25, -0.2) is 9.78 Å². The number of nitrogens with zero attached hydrogens (tertiary/aromatic N) is 3. The van der Waals surface area contributed by atoms with E-state index in [1.807, 2.05) is 55.5 Å². The Bertz CT molecular complexity index is 1540. The van der Waals surface area contributed by atoms with Crippen LogP contribution in [0.1, 0.15) is 30.0 Å². The minimum atomic E-state index is -1.24. The van der Waals surface area contributed by atoms with Crippen LogP contribution in [0.5, 0.6) is 11.5 Å². The van der Waals surface area contributed by atoms with Gasteiger partial charge in [0.15, 0.2) is 6.10 Å². The highest BCUT2D eigenvalue weighted by atomic mass is 32.2. The summed E-state index contributed by atoms with van der Waals surface area (Å²) in [6.45, 7) is 2.65. The number of thioether (sulfide) groups is 1. The van der Waals surface area contributed by atoms with E-state index < -0.39 is 23.3 Å². The van der Waals surface area contributed by atoms with Crippen LogP contribution in [0.3, 0.4) is 0 Å². The maximum absolute atomic E-state index is 13.6. The molecule has 1 fully saturated rings. The highest BCUT2D eigenvalue weighted by Crippen LogP contribution is 2.51. The molecular weight excluding hydrogens is 570 g/mol. The predicted octanol–water partition coefficient (Wildman–Crippen LogP) is 3.67. The lowest BCUT2D eigenvalue weighted by atomic mass is 9.98. The van der Waals surface area contributed by atoms with Crippen molar-refractivity contribution in [1.29, 1.82) is 0 Å². The van der Waals surface area contributed by atoms with Crippen LogP contribution in [0.15, 0.2) is 65.8 Å². The molecule has 43 heavy (non-hydrogen) atoms. The Morgan fingerprint density at radius 3 is 2.74 bits per heavy atom. The minimum absolute atomic E-state index is 0.0812. The normalized spacial score (nSPS) is 21.6. The monoisotopic (exact) mass is 603 g/mol. The van der Waals surface area contributed by atoms with Crippen molar-refractivity contribution in [2.24, 2.45) is 0 Å². The van der Waals surface area contributed by atoms with Crippen molar-refractivity contribution in [2.75, 3.05) is 31.7 Å². The van der Waals surface area contributed by atoms with E-state index in [9.17, 15) is 19.5 Å². The van der Waals surface area contributed by atoms with E-state index in [-0.39, 0.29) is 24.6 Å². The van der Waals surface area contributed by atoms with Crippen molar-refractivity contribution >= 4 is 41.0 Å². The van der Waals surface area contributed by atoms with Gasteiger partial charge in [-0.1, -0.05) is 30.0 Å². The maximum Gasteiger partial charge on any atom is 0.327 e. The lowest BCUT2D eigenvalue weighted by Gasteiger charge is -2.36. The number of aliphatic hydroxyl groups is 1. The molecule has 0 radical (unpaired) electrons. The quantitative estimate of drug-likeness (QED) is 0.355. The smallest absolute Gasteiger partial charge is 0.327 e. The Kier molecular flexibility index (Phi) is 8.24. The van der Waals surface area contributed by atoms with E-state index in [4.69, 9.17) is 9.47 Å². The van der Waals surface area contributed by atoms with Gasteiger partial charge in [0.05, 0.1) is 24.0 Å². The second-order valence-electron chi connectivity index (χ2n) is 10.8. The Morgan fingerprint density at radius 1 is 1.16 bits per heavy atom. The van der Waals surface area contributed by atoms with Gasteiger partial charge in [-0.15, -0.1) is 0 Å². The molecule has 11 nitrogen and oxygen atoms in total. The first kappa shape index (κ1) is 29.0. The molecule has 3 N–H and O–H groups in total. The zero-order valence-corrected chi connectivity index (χ0v) is 24.7. The summed E-state index contributed by atoms with van der Waals surface area (Å²) in [6.07, 6.45) is 1.82. The van der Waals surface area contributed by atoms with Gasteiger partial charge in [-0.3, -0.25) is 14.5 Å². The average Bonchev–Trinajstić information content (AvgIpc) is 3.38. The van der Waals surface area contributed by atoms with Crippen molar-refractivity contribution < 1.29 is 29.0 Å². The Hall–Kier alpha value is -4.13. The molecule has 0 saturated carbocycles. The van der Waals surface area contributed by atoms with Crippen molar-refractivity contribution in [3.05, 3.63) is 71.9 Å². The summed E-state index contributed by atoms with van der Waals surface area (Å²) in [5.41, 5.74) is 3.03. The molecule has 0 bridgehead atoms. The van der Waals surface area contributed by atoms with Gasteiger partial charge < -0.3 is 30.1 Å². The molecule has 3 aliphatic rings. The summed E-state index contributed by atoms with van der Waals surface area (Å²) in [7, 11) is 1.43. The number of carbonyl (C=O) groups excluding carboxylic acids is 3. The molecule has 3 aliphatic heterocycles. The van der Waals surface area contributed by atoms with E-state index in [1.54, 1.807) is 22.1 Å². The first-order valence-electron chi connectivity index (χ1n) is 14.2. The number of amides is 4. The zero-order chi connectivity index (χ0) is 30.1. The van der Waals surface area contributed by atoms with Crippen LogP contribution in [0.25, 0.3) is 0 Å². The molecule has 1 aromatic heterocycles. The molecule has 12 heteroatoms. The SMILES string of the molecule is COC[C@H](O)C(=O)N1CCC[C@@H](NC(=O)C2Sc3nccc4c3C2NC(=O)N4c2ccc(Oc3ccccc3)cc2C)C1. The number of aromatic nitrogens is 1. The number of likely N-dealkylation sites (tertiary alicyclic amines) is 1. The van der Waals surface area contributed by atoms with Crippen molar-refractivity contribution in [3.63, 3.8) is 0 Å². The van der Waals surface area contributed by atoms with Crippen molar-refractivity contribution in [2.45, 2.75) is 48.2 Å². The molecule has 2 unspecified atom stereocenters. The summed E-state index contributed by atoms with van der Waals surface area (Å²) in [4.78, 5) is 47.5. The molecule has 4 heterocycles. The number of urea groups is 1. The van der Waals surface area contributed by atoms with Gasteiger partial charge in [0.1, 0.15) is 21.8 Å². The second kappa shape index (κ2) is 12.2. The molecule has 4 atom stereocenters. The van der Waals surface area contributed by atoms with Crippen LogP contribution in [0.2, 0.25) is 0 Å². The first-order chi connectivity index (χ1) is 20.8. The number of aliphatic hydroxyl groups excluding tert-OH is 1. The fraction of sp³-hybridized carbons (Fsp3) is 0.355. The number of nitrogens with one attached hydrogen (secondary N) is 2. The number of hydrogen-bond donors (Lipinski definition) is 3. The number of piperidine rings is 1. The standard InChI is InChI=1S/C31H33N5O6S/c1-18-15-21(42-20-8-4-3-5-9-20)10-11-22(18)36-23-12-13-32-29-25(23)26(34-31(36)40)27(43-29)28(38)33-19-7-6-14-35(16-19)30(39)24(37)17-41-2/h3-5,8-13,15,19,24,26-27,37H,6-7,14,16-17H2,1-2H3,(H,33,38)(H,34,40)/t19-,24+,26?,27?/m1/s1. The lowest BCUT2D eigenvalue weighted by molar-refractivity contribution is -0.144. The van der Waals surface area contributed by atoms with Gasteiger partial charge in [-0.05, 0) is 61.7 Å². The number of aryl methyl sites for hydroxylation is 1. The number of hydrogen-bond acceptors (Lipinski definition) is 8. The third-order valence-corrected chi connectivity index (χ3v) is 9.13. The van der Waals surface area contributed by atoms with Crippen molar-refractivity contribution in [3.8, 4) is 11.5 Å². The van der Waals surface area contributed by atoms with Crippen LogP contribution < -0.4 is 20.3 Å². The van der Waals surface area contributed by atoms with Crippen LogP contribution in [0, 0.1) is 6.92 Å². The summed E-state index contributed by atoms with van der Waals surface area (Å²) < 4.78 is 10.9. The van der Waals surface area contributed by atoms with Crippen LogP contribution in [-0.2, 0) is 14.3 Å². The highest BCUT2D eigenvalue weighted by Gasteiger charge is 2.47. The Labute approximate surface area is 253 Å². The van der Waals surface area contributed by atoms with Crippen LogP contribution >= 0.6 is 11.8 Å². The molecule has 0 spiro atoms. The molecule has 6 rings (SSSR count). The van der Waals surface area contributed by atoms with E-state index in [0.29, 0.717) is 48.1 Å². The first-order valence-corrected chi connectivity index (χ1v) is 15.1. The number of para-hydroxylation sites is 1. The lowest BCUT2D eigenvalue weighted by Crippen LogP contribution is -2.55. The van der Waals surface area contributed by atoms with Gasteiger partial charge in [-0.2, -0.15) is 0 Å². The summed E-state index contributed by atoms with van der Waals surface area (Å²) >= 11 is 1.32. The van der Waals surface area contributed by atoms with E-state index >= 15 is 0 Å². The van der Waals surface area contributed by atoms with E-state index in [2.05, 4.69) is 15.6 Å². The molecule has 3 aromatic rings.